The van der Waals surface area contributed by atoms with Crippen molar-refractivity contribution in [2.24, 2.45) is 5.92 Å². The number of rotatable bonds is 15. The average Bonchev–Trinajstić information content (AvgIpc) is 2.63. The average molecular weight is 379 g/mol. The molecule has 0 rings (SSSR count). The van der Waals surface area contributed by atoms with Crippen LogP contribution >= 0.6 is 0 Å². The van der Waals surface area contributed by atoms with Crippen LogP contribution in [0.15, 0.2) is 36.5 Å². The molecule has 0 unspecified atom stereocenters. The predicted molar refractivity (Wildman–Crippen MR) is 112 cm³/mol. The Morgan fingerprint density at radius 1 is 0.815 bits per heavy atom. The molecule has 154 valence electrons. The lowest BCUT2D eigenvalue weighted by Gasteiger charge is -2.06. The summed E-state index contributed by atoms with van der Waals surface area (Å²) in [6, 6.07) is 0. The Balaban J connectivity index is 3.52. The highest BCUT2D eigenvalue weighted by molar-refractivity contribution is 5.81. The number of carbonyl (C=O) groups is 2. The highest BCUT2D eigenvalue weighted by atomic mass is 16.7. The first kappa shape index (κ1) is 25.2. The first-order valence-corrected chi connectivity index (χ1v) is 10.4. The largest absolute Gasteiger partial charge is 0.516 e. The Labute approximate surface area is 165 Å². The zero-order valence-corrected chi connectivity index (χ0v) is 17.5. The van der Waals surface area contributed by atoms with E-state index in [0.717, 1.165) is 25.7 Å². The van der Waals surface area contributed by atoms with Crippen molar-refractivity contribution >= 4 is 12.1 Å². The van der Waals surface area contributed by atoms with Gasteiger partial charge in [0.15, 0.2) is 0 Å². The summed E-state index contributed by atoms with van der Waals surface area (Å²) in [4.78, 5) is 22.7. The van der Waals surface area contributed by atoms with Crippen molar-refractivity contribution in [1.29, 1.82) is 0 Å². The van der Waals surface area contributed by atoms with Gasteiger partial charge in [-0.3, -0.25) is 4.79 Å². The van der Waals surface area contributed by atoms with Crippen LogP contribution in [0.5, 0.6) is 0 Å². The molecule has 0 saturated carbocycles. The molecule has 0 saturated heterocycles. The van der Waals surface area contributed by atoms with Gasteiger partial charge in [-0.25, -0.2) is 4.79 Å². The Morgan fingerprint density at radius 3 is 1.93 bits per heavy atom. The molecule has 0 bridgehead atoms. The highest BCUT2D eigenvalue weighted by Gasteiger charge is 2.11. The van der Waals surface area contributed by atoms with Crippen LogP contribution in [0.25, 0.3) is 0 Å². The first-order valence-electron chi connectivity index (χ1n) is 10.4. The molecule has 0 aliphatic heterocycles. The Hall–Kier alpha value is -1.84. The Morgan fingerprint density at radius 2 is 1.37 bits per heavy atom. The van der Waals surface area contributed by atoms with Crippen molar-refractivity contribution in [3.8, 4) is 0 Å². The summed E-state index contributed by atoms with van der Waals surface area (Å²) in [6.45, 7) is 6.33. The summed E-state index contributed by atoms with van der Waals surface area (Å²) < 4.78 is 9.39. The second kappa shape index (κ2) is 18.9. The lowest BCUT2D eigenvalue weighted by molar-refractivity contribution is -0.140. The molecule has 27 heavy (non-hydrogen) atoms. The fourth-order valence-electron chi connectivity index (χ4n) is 2.23. The van der Waals surface area contributed by atoms with Gasteiger partial charge in [-0.05, 0) is 50.9 Å². The lowest BCUT2D eigenvalue weighted by Crippen LogP contribution is -2.16. The number of hydrogen-bond donors (Lipinski definition) is 0. The third-order valence-corrected chi connectivity index (χ3v) is 3.75. The number of allylic oxidation sites excluding steroid dienone is 6. The van der Waals surface area contributed by atoms with Crippen LogP contribution < -0.4 is 0 Å². The molecular formula is C23H38O4. The van der Waals surface area contributed by atoms with Crippen LogP contribution in [0.2, 0.25) is 0 Å². The summed E-state index contributed by atoms with van der Waals surface area (Å²) in [7, 11) is 0. The molecule has 0 fully saturated rings. The van der Waals surface area contributed by atoms with Crippen molar-refractivity contribution in [2.75, 3.05) is 6.61 Å². The third kappa shape index (κ3) is 20.3. The lowest BCUT2D eigenvalue weighted by atomic mass is 10.2. The molecule has 4 heteroatoms. The molecule has 0 amide bonds. The summed E-state index contributed by atoms with van der Waals surface area (Å²) >= 11 is 0. The topological polar surface area (TPSA) is 52.6 Å². The number of ether oxygens (including phenoxy) is 2. The number of hydrogen-bond acceptors (Lipinski definition) is 4. The van der Waals surface area contributed by atoms with E-state index in [1.807, 2.05) is 13.8 Å². The van der Waals surface area contributed by atoms with Crippen molar-refractivity contribution in [2.45, 2.75) is 85.0 Å². The van der Waals surface area contributed by atoms with Gasteiger partial charge >= 0.3 is 12.1 Å². The van der Waals surface area contributed by atoms with Crippen molar-refractivity contribution < 1.29 is 19.1 Å². The van der Waals surface area contributed by atoms with Gasteiger partial charge in [-0.15, -0.1) is 0 Å². The first-order chi connectivity index (χ1) is 13.1. The second-order valence-electron chi connectivity index (χ2n) is 7.06. The van der Waals surface area contributed by atoms with E-state index in [-0.39, 0.29) is 18.9 Å². The molecule has 0 heterocycles. The smallest absolute Gasteiger partial charge is 0.434 e. The Bertz CT molecular complexity index is 461. The summed E-state index contributed by atoms with van der Waals surface area (Å²) in [5.41, 5.74) is 0. The van der Waals surface area contributed by atoms with Crippen molar-refractivity contribution in [3.63, 3.8) is 0 Å². The number of carbonyl (C=O) groups excluding carboxylic acids is 2. The minimum atomic E-state index is -0.892. The number of esters is 1. The number of unbranched alkanes of at least 4 members (excludes halogenated alkanes) is 5. The molecule has 0 aromatic carbocycles. The monoisotopic (exact) mass is 378 g/mol. The Kier molecular flexibility index (Phi) is 17.6. The van der Waals surface area contributed by atoms with E-state index in [1.54, 1.807) is 0 Å². The summed E-state index contributed by atoms with van der Waals surface area (Å²) in [5, 5.41) is 0. The van der Waals surface area contributed by atoms with E-state index in [0.29, 0.717) is 6.42 Å². The van der Waals surface area contributed by atoms with E-state index in [2.05, 4.69) is 48.1 Å². The van der Waals surface area contributed by atoms with Gasteiger partial charge in [0.2, 0.25) is 0 Å². The molecule has 0 aliphatic carbocycles. The van der Waals surface area contributed by atoms with Gasteiger partial charge in [0.25, 0.3) is 0 Å². The molecule has 0 N–H and O–H groups in total. The van der Waals surface area contributed by atoms with Crippen LogP contribution in [0.4, 0.5) is 4.79 Å². The molecule has 4 nitrogen and oxygen atoms in total. The van der Waals surface area contributed by atoms with Crippen LogP contribution in [-0.2, 0) is 14.3 Å². The molecule has 0 spiro atoms. The van der Waals surface area contributed by atoms with Crippen molar-refractivity contribution in [1.82, 2.24) is 0 Å². The third-order valence-electron chi connectivity index (χ3n) is 3.75. The van der Waals surface area contributed by atoms with E-state index >= 15 is 0 Å². The summed E-state index contributed by atoms with van der Waals surface area (Å²) in [6.07, 6.45) is 22.0. The highest BCUT2D eigenvalue weighted by Crippen LogP contribution is 2.05. The van der Waals surface area contributed by atoms with Gasteiger partial charge < -0.3 is 9.47 Å². The molecular weight excluding hydrogens is 340 g/mol. The van der Waals surface area contributed by atoms with Gasteiger partial charge in [0.1, 0.15) is 0 Å². The zero-order chi connectivity index (χ0) is 20.2. The summed E-state index contributed by atoms with van der Waals surface area (Å²) in [5.74, 6) is -0.292. The standard InChI is InChI=1S/C23H38O4/c1-4-5-6-7-8-9-10-11-12-13-14-15-16-17-18-19-22(24)27-23(25)26-20-21(2)3/h8-9,11-12,14-15,21H,4-7,10,13,16-20H2,1-3H3. The van der Waals surface area contributed by atoms with Crippen molar-refractivity contribution in [3.05, 3.63) is 36.5 Å². The van der Waals surface area contributed by atoms with Crippen LogP contribution in [0.3, 0.4) is 0 Å². The quantitative estimate of drug-likeness (QED) is 0.134. The minimum absolute atomic E-state index is 0.223. The molecule has 0 aliphatic rings. The molecule has 0 atom stereocenters. The van der Waals surface area contributed by atoms with E-state index in [1.165, 1.54) is 25.7 Å². The van der Waals surface area contributed by atoms with Crippen LogP contribution in [0, 0.1) is 5.92 Å². The molecule has 0 radical (unpaired) electrons. The molecule has 0 aromatic rings. The minimum Gasteiger partial charge on any atom is -0.434 e. The molecule has 0 aromatic heterocycles. The maximum Gasteiger partial charge on any atom is 0.516 e. The van der Waals surface area contributed by atoms with E-state index in [9.17, 15) is 9.59 Å². The van der Waals surface area contributed by atoms with Gasteiger partial charge in [0, 0.05) is 6.42 Å². The maximum absolute atomic E-state index is 11.5. The van der Waals surface area contributed by atoms with Crippen LogP contribution in [-0.4, -0.2) is 18.7 Å². The maximum atomic E-state index is 11.5. The van der Waals surface area contributed by atoms with E-state index in [4.69, 9.17) is 4.74 Å². The van der Waals surface area contributed by atoms with Gasteiger partial charge in [-0.2, -0.15) is 0 Å². The van der Waals surface area contributed by atoms with Gasteiger partial charge in [-0.1, -0.05) is 70.1 Å². The SMILES string of the molecule is CCCCCC=CCC=CCC=CCCCCC(=O)OC(=O)OCC(C)C. The fraction of sp³-hybridized carbons (Fsp3) is 0.652. The van der Waals surface area contributed by atoms with Gasteiger partial charge in [0.05, 0.1) is 6.61 Å². The normalized spacial score (nSPS) is 11.9. The zero-order valence-electron chi connectivity index (χ0n) is 17.5. The van der Waals surface area contributed by atoms with E-state index < -0.39 is 12.1 Å². The fourth-order valence-corrected chi connectivity index (χ4v) is 2.23. The second-order valence-corrected chi connectivity index (χ2v) is 7.06. The van der Waals surface area contributed by atoms with Crippen LogP contribution in [0.1, 0.15) is 85.0 Å². The predicted octanol–water partition coefficient (Wildman–Crippen LogP) is 6.91.